The van der Waals surface area contributed by atoms with E-state index in [1.807, 2.05) is 42.8 Å². The number of nitrogens with zero attached hydrogens (tertiary/aromatic N) is 2. The molecule has 0 saturated heterocycles. The molecule has 1 radical (unpaired) electrons. The zero-order valence-corrected chi connectivity index (χ0v) is 36.1. The SMILES string of the molecule is CC(C)(C)c1cc(C=NC2CCCCC2N=Cc2cc(C(C)(C)C)cc(C(C)(C)C)c2O)c(O)c(C(C)(C)C)c1.[Co].[O-]c1ccc(Oc2ccccc2)cc1. The Labute approximate surface area is 341 Å². The van der Waals surface area contributed by atoms with Gasteiger partial charge >= 0.3 is 0 Å². The molecule has 7 heteroatoms. The van der Waals surface area contributed by atoms with Gasteiger partial charge in [0.1, 0.15) is 23.0 Å². The van der Waals surface area contributed by atoms with Gasteiger partial charge in [0.25, 0.3) is 0 Å². The zero-order valence-electron chi connectivity index (χ0n) is 35.1. The van der Waals surface area contributed by atoms with Gasteiger partial charge in [-0.2, -0.15) is 0 Å². The van der Waals surface area contributed by atoms with Crippen molar-refractivity contribution in [2.75, 3.05) is 0 Å². The largest absolute Gasteiger partial charge is 0.872 e. The smallest absolute Gasteiger partial charge is 0.128 e. The van der Waals surface area contributed by atoms with Crippen LogP contribution < -0.4 is 9.84 Å². The number of para-hydroxylation sites is 1. The first-order valence-electron chi connectivity index (χ1n) is 19.4. The monoisotopic (exact) mass is 790 g/mol. The Bertz CT molecular complexity index is 1810. The number of phenolic OH excluding ortho intramolecular Hbond substituents is 2. The van der Waals surface area contributed by atoms with Crippen molar-refractivity contribution in [3.8, 4) is 28.7 Å². The van der Waals surface area contributed by atoms with Crippen molar-refractivity contribution < 1.29 is 36.8 Å². The van der Waals surface area contributed by atoms with E-state index in [2.05, 4.69) is 107 Å². The third-order valence-electron chi connectivity index (χ3n) is 9.93. The topological polar surface area (TPSA) is 97.5 Å². The van der Waals surface area contributed by atoms with Gasteiger partial charge in [-0.25, -0.2) is 0 Å². The van der Waals surface area contributed by atoms with E-state index >= 15 is 0 Å². The average Bonchev–Trinajstić information content (AvgIpc) is 3.07. The van der Waals surface area contributed by atoms with Crippen molar-refractivity contribution in [1.82, 2.24) is 0 Å². The van der Waals surface area contributed by atoms with E-state index in [0.717, 1.165) is 53.7 Å². The summed E-state index contributed by atoms with van der Waals surface area (Å²) in [5.41, 5.74) is 5.39. The fourth-order valence-electron chi connectivity index (χ4n) is 6.44. The van der Waals surface area contributed by atoms with Crippen LogP contribution in [0.15, 0.2) is 88.8 Å². The molecule has 0 bridgehead atoms. The fraction of sp³-hybridized carbons (Fsp3) is 0.458. The quantitative estimate of drug-likeness (QED) is 0.190. The van der Waals surface area contributed by atoms with Crippen LogP contribution in [0.5, 0.6) is 28.7 Å². The molecule has 299 valence electrons. The molecule has 6 nitrogen and oxygen atoms in total. The van der Waals surface area contributed by atoms with Crippen molar-refractivity contribution in [3.63, 3.8) is 0 Å². The maximum absolute atomic E-state index is 11.2. The number of aliphatic imine (C=N–C) groups is 2. The Hall–Kier alpha value is -4.07. The van der Waals surface area contributed by atoms with Gasteiger partial charge in [0.15, 0.2) is 0 Å². The maximum Gasteiger partial charge on any atom is 0.128 e. The number of hydrogen-bond donors (Lipinski definition) is 2. The third kappa shape index (κ3) is 12.7. The Morgan fingerprint density at radius 2 is 0.945 bits per heavy atom. The summed E-state index contributed by atoms with van der Waals surface area (Å²) in [7, 11) is 0. The Morgan fingerprint density at radius 3 is 1.31 bits per heavy atom. The summed E-state index contributed by atoms with van der Waals surface area (Å²) in [5, 5.41) is 33.3. The maximum atomic E-state index is 11.2. The van der Waals surface area contributed by atoms with E-state index in [-0.39, 0.29) is 56.3 Å². The Morgan fingerprint density at radius 1 is 0.564 bits per heavy atom. The van der Waals surface area contributed by atoms with Crippen LogP contribution in [0.25, 0.3) is 0 Å². The first-order valence-corrected chi connectivity index (χ1v) is 19.4. The molecule has 0 spiro atoms. The summed E-state index contributed by atoms with van der Waals surface area (Å²) in [5.74, 6) is 2.07. The molecule has 0 aliphatic heterocycles. The summed E-state index contributed by atoms with van der Waals surface area (Å²) in [6.45, 7) is 26.0. The van der Waals surface area contributed by atoms with Gasteiger partial charge in [0.2, 0.25) is 0 Å². The minimum Gasteiger partial charge on any atom is -0.872 e. The predicted molar refractivity (Wildman–Crippen MR) is 225 cm³/mol. The van der Waals surface area contributed by atoms with E-state index in [9.17, 15) is 15.3 Å². The summed E-state index contributed by atoms with van der Waals surface area (Å²) in [6, 6.07) is 24.3. The van der Waals surface area contributed by atoms with E-state index in [4.69, 9.17) is 14.7 Å². The van der Waals surface area contributed by atoms with Crippen LogP contribution in [0.3, 0.4) is 0 Å². The second-order valence-corrected chi connectivity index (χ2v) is 18.8. The Kier molecular flexibility index (Phi) is 15.0. The van der Waals surface area contributed by atoms with Crippen molar-refractivity contribution in [1.29, 1.82) is 0 Å². The molecular formula is C48H63CoN2O4-. The van der Waals surface area contributed by atoms with E-state index in [1.54, 1.807) is 12.1 Å². The van der Waals surface area contributed by atoms with E-state index in [1.165, 1.54) is 23.3 Å². The van der Waals surface area contributed by atoms with Gasteiger partial charge < -0.3 is 20.1 Å². The van der Waals surface area contributed by atoms with Gasteiger partial charge in [-0.05, 0) is 82.0 Å². The molecule has 1 aliphatic rings. The second-order valence-electron chi connectivity index (χ2n) is 18.8. The minimum atomic E-state index is -0.179. The molecule has 1 fully saturated rings. The summed E-state index contributed by atoms with van der Waals surface area (Å²) < 4.78 is 5.49. The Balaban J connectivity index is 0.000000451. The molecule has 0 aromatic heterocycles. The molecule has 4 aromatic carbocycles. The molecule has 1 saturated carbocycles. The van der Waals surface area contributed by atoms with Crippen molar-refractivity contribution in [3.05, 3.63) is 112 Å². The third-order valence-corrected chi connectivity index (χ3v) is 9.93. The molecule has 2 atom stereocenters. The molecule has 0 amide bonds. The van der Waals surface area contributed by atoms with Gasteiger partial charge in [-0.3, -0.25) is 9.98 Å². The predicted octanol–water partition coefficient (Wildman–Crippen LogP) is 11.7. The standard InChI is InChI=1S/C36H54N2O2.C12H10O2.Co/c1-33(2,3)25-17-23(31(39)27(19-25)35(7,8)9)21-37-29-15-13-14-16-30(29)38-22-24-18-26(34(4,5)6)20-28(32(24)40)36(10,11)12;13-10-6-8-12(9-7-10)14-11-4-2-1-3-5-11;/h17-22,29-30,39-40H,13-16H2,1-12H3;1-9,13H;/p-1. The number of ether oxygens (including phenoxy) is 1. The number of benzene rings is 4. The van der Waals surface area contributed by atoms with Gasteiger partial charge in [0.05, 0.1) is 12.1 Å². The minimum absolute atomic E-state index is 0. The molecule has 2 N–H and O–H groups in total. The number of hydrogen-bond acceptors (Lipinski definition) is 6. The van der Waals surface area contributed by atoms with Crippen LogP contribution in [0.2, 0.25) is 0 Å². The molecule has 4 aromatic rings. The molecular weight excluding hydrogens is 727 g/mol. The van der Waals surface area contributed by atoms with Gasteiger partial charge in [0, 0.05) is 51.5 Å². The van der Waals surface area contributed by atoms with Crippen molar-refractivity contribution in [2.24, 2.45) is 9.98 Å². The number of rotatable bonds is 6. The van der Waals surface area contributed by atoms with Crippen LogP contribution in [-0.4, -0.2) is 34.7 Å². The first-order chi connectivity index (χ1) is 25.0. The summed E-state index contributed by atoms with van der Waals surface area (Å²) in [6.07, 6.45) is 7.90. The number of phenols is 2. The number of aromatic hydroxyl groups is 2. The van der Waals surface area contributed by atoms with Gasteiger partial charge in [-0.15, -0.1) is 5.75 Å². The molecule has 55 heavy (non-hydrogen) atoms. The summed E-state index contributed by atoms with van der Waals surface area (Å²) in [4.78, 5) is 10.1. The second kappa shape index (κ2) is 18.2. The van der Waals surface area contributed by atoms with Crippen LogP contribution >= 0.6 is 0 Å². The zero-order chi connectivity index (χ0) is 40.1. The van der Waals surface area contributed by atoms with Gasteiger partial charge in [-0.1, -0.05) is 138 Å². The summed E-state index contributed by atoms with van der Waals surface area (Å²) >= 11 is 0. The van der Waals surface area contributed by atoms with Crippen LogP contribution in [-0.2, 0) is 38.4 Å². The molecule has 1 aliphatic carbocycles. The first kappa shape index (κ1) is 45.3. The average molecular weight is 791 g/mol. The van der Waals surface area contributed by atoms with Crippen molar-refractivity contribution >= 4 is 12.4 Å². The van der Waals surface area contributed by atoms with Crippen LogP contribution in [0, 0.1) is 0 Å². The van der Waals surface area contributed by atoms with Crippen LogP contribution in [0.1, 0.15) is 142 Å². The van der Waals surface area contributed by atoms with E-state index < -0.39 is 0 Å². The molecule has 2 unspecified atom stereocenters. The van der Waals surface area contributed by atoms with Crippen LogP contribution in [0.4, 0.5) is 0 Å². The normalized spacial score (nSPS) is 16.7. The van der Waals surface area contributed by atoms with E-state index in [0.29, 0.717) is 17.2 Å². The fourth-order valence-corrected chi connectivity index (χ4v) is 6.44. The van der Waals surface area contributed by atoms with Crippen molar-refractivity contribution in [2.45, 2.75) is 143 Å². The molecule has 0 heterocycles. The molecule has 5 rings (SSSR count).